The standard InChI is InChI=1S/C13H13N3O3S/c1-15-20(17,18)13-5-3-2-4-12(13)16-9-11-7-6-10(8-14)19-11/h2-7,15-16H,9H2,1H3. The van der Waals surface area contributed by atoms with Gasteiger partial charge in [0.25, 0.3) is 0 Å². The number of nitrogens with one attached hydrogen (secondary N) is 2. The van der Waals surface area contributed by atoms with E-state index in [-0.39, 0.29) is 17.2 Å². The number of hydrogen-bond donors (Lipinski definition) is 2. The van der Waals surface area contributed by atoms with Gasteiger partial charge in [-0.1, -0.05) is 12.1 Å². The lowest BCUT2D eigenvalue weighted by atomic mass is 10.3. The Morgan fingerprint density at radius 2 is 2.00 bits per heavy atom. The van der Waals surface area contributed by atoms with Gasteiger partial charge in [-0.25, -0.2) is 13.1 Å². The lowest BCUT2D eigenvalue weighted by Gasteiger charge is -2.10. The minimum absolute atomic E-state index is 0.162. The van der Waals surface area contributed by atoms with E-state index >= 15 is 0 Å². The third kappa shape index (κ3) is 2.99. The second-order valence-corrected chi connectivity index (χ2v) is 5.79. The van der Waals surface area contributed by atoms with Crippen LogP contribution in [0.1, 0.15) is 11.5 Å². The third-order valence-corrected chi connectivity index (χ3v) is 4.14. The van der Waals surface area contributed by atoms with E-state index in [4.69, 9.17) is 9.68 Å². The van der Waals surface area contributed by atoms with Crippen LogP contribution >= 0.6 is 0 Å². The highest BCUT2D eigenvalue weighted by Gasteiger charge is 2.15. The van der Waals surface area contributed by atoms with Crippen LogP contribution in [-0.2, 0) is 16.6 Å². The van der Waals surface area contributed by atoms with Gasteiger partial charge in [-0.3, -0.25) is 0 Å². The molecule has 0 atom stereocenters. The smallest absolute Gasteiger partial charge is 0.242 e. The Hall–Kier alpha value is -2.30. The van der Waals surface area contributed by atoms with Gasteiger partial charge in [0.1, 0.15) is 16.7 Å². The maximum atomic E-state index is 11.9. The summed E-state index contributed by atoms with van der Waals surface area (Å²) in [4.78, 5) is 0.162. The number of hydrogen-bond acceptors (Lipinski definition) is 5. The van der Waals surface area contributed by atoms with Crippen molar-refractivity contribution in [2.75, 3.05) is 12.4 Å². The minimum Gasteiger partial charge on any atom is -0.449 e. The summed E-state index contributed by atoms with van der Waals surface area (Å²) in [7, 11) is -2.17. The van der Waals surface area contributed by atoms with Gasteiger partial charge in [0, 0.05) is 0 Å². The van der Waals surface area contributed by atoms with Crippen molar-refractivity contribution in [3.05, 3.63) is 47.9 Å². The van der Waals surface area contributed by atoms with Crippen LogP contribution in [-0.4, -0.2) is 15.5 Å². The van der Waals surface area contributed by atoms with Crippen molar-refractivity contribution < 1.29 is 12.8 Å². The summed E-state index contributed by atoms with van der Waals surface area (Å²) in [5.74, 6) is 0.774. The second kappa shape index (κ2) is 5.77. The van der Waals surface area contributed by atoms with E-state index < -0.39 is 10.0 Å². The van der Waals surface area contributed by atoms with E-state index in [9.17, 15) is 8.42 Å². The van der Waals surface area contributed by atoms with Crippen LogP contribution in [0.15, 0.2) is 45.7 Å². The maximum absolute atomic E-state index is 11.9. The lowest BCUT2D eigenvalue weighted by molar-refractivity contribution is 0.506. The Bertz CT molecular complexity index is 744. The van der Waals surface area contributed by atoms with Crippen LogP contribution in [0.2, 0.25) is 0 Å². The number of nitrogens with zero attached hydrogens (tertiary/aromatic N) is 1. The SMILES string of the molecule is CNS(=O)(=O)c1ccccc1NCc1ccc(C#N)o1. The fourth-order valence-corrected chi connectivity index (χ4v) is 2.58. The molecule has 0 spiro atoms. The monoisotopic (exact) mass is 291 g/mol. The van der Waals surface area contributed by atoms with Crippen LogP contribution in [0.5, 0.6) is 0 Å². The molecular weight excluding hydrogens is 278 g/mol. The minimum atomic E-state index is -3.53. The molecule has 0 unspecified atom stereocenters. The quantitative estimate of drug-likeness (QED) is 0.873. The van der Waals surface area contributed by atoms with Crippen LogP contribution < -0.4 is 10.0 Å². The molecule has 0 bridgehead atoms. The average Bonchev–Trinajstić information content (AvgIpc) is 2.93. The van der Waals surface area contributed by atoms with E-state index in [0.717, 1.165) is 0 Å². The van der Waals surface area contributed by atoms with E-state index in [1.807, 2.05) is 6.07 Å². The Labute approximate surface area is 117 Å². The Kier molecular flexibility index (Phi) is 4.08. The molecule has 0 fully saturated rings. The zero-order valence-corrected chi connectivity index (χ0v) is 11.6. The van der Waals surface area contributed by atoms with Crippen molar-refractivity contribution in [1.82, 2.24) is 4.72 Å². The van der Waals surface area contributed by atoms with Gasteiger partial charge < -0.3 is 9.73 Å². The number of para-hydroxylation sites is 1. The summed E-state index contributed by atoms with van der Waals surface area (Å²) in [6, 6.07) is 11.7. The number of furan rings is 1. The molecule has 0 aliphatic carbocycles. The van der Waals surface area contributed by atoms with Gasteiger partial charge in [-0.05, 0) is 31.3 Å². The van der Waals surface area contributed by atoms with E-state index in [0.29, 0.717) is 11.4 Å². The van der Waals surface area contributed by atoms with Gasteiger partial charge in [0.2, 0.25) is 15.8 Å². The van der Waals surface area contributed by atoms with E-state index in [1.165, 1.54) is 13.1 Å². The number of benzene rings is 1. The molecule has 1 aromatic carbocycles. The number of nitriles is 1. The van der Waals surface area contributed by atoms with E-state index in [1.54, 1.807) is 30.3 Å². The number of anilines is 1. The maximum Gasteiger partial charge on any atom is 0.242 e. The highest BCUT2D eigenvalue weighted by atomic mass is 32.2. The van der Waals surface area contributed by atoms with Crippen molar-refractivity contribution in [2.24, 2.45) is 0 Å². The summed E-state index contributed by atoms with van der Waals surface area (Å²) in [5.41, 5.74) is 0.469. The van der Waals surface area contributed by atoms with Gasteiger partial charge in [-0.2, -0.15) is 5.26 Å². The first-order valence-electron chi connectivity index (χ1n) is 5.82. The fraction of sp³-hybridized carbons (Fsp3) is 0.154. The predicted molar refractivity (Wildman–Crippen MR) is 73.4 cm³/mol. The number of sulfonamides is 1. The van der Waals surface area contributed by atoms with Gasteiger partial charge in [-0.15, -0.1) is 0 Å². The fourth-order valence-electron chi connectivity index (χ4n) is 1.67. The Morgan fingerprint density at radius 1 is 1.25 bits per heavy atom. The highest BCUT2D eigenvalue weighted by Crippen LogP contribution is 2.21. The summed E-state index contributed by atoms with van der Waals surface area (Å²) in [5, 5.41) is 11.7. The molecule has 1 aromatic heterocycles. The van der Waals surface area contributed by atoms with Crippen molar-refractivity contribution >= 4 is 15.7 Å². The first-order chi connectivity index (χ1) is 9.56. The second-order valence-electron chi connectivity index (χ2n) is 3.94. The summed E-state index contributed by atoms with van der Waals surface area (Å²) >= 11 is 0. The molecule has 104 valence electrons. The summed E-state index contributed by atoms with van der Waals surface area (Å²) in [6.45, 7) is 0.290. The van der Waals surface area contributed by atoms with Crippen molar-refractivity contribution in [2.45, 2.75) is 11.4 Å². The van der Waals surface area contributed by atoms with Crippen molar-refractivity contribution in [3.8, 4) is 6.07 Å². The van der Waals surface area contributed by atoms with Gasteiger partial charge in [0.05, 0.1) is 12.2 Å². The van der Waals surface area contributed by atoms with Crippen molar-refractivity contribution in [3.63, 3.8) is 0 Å². The molecule has 0 amide bonds. The Morgan fingerprint density at radius 3 is 2.65 bits per heavy atom. The zero-order chi connectivity index (χ0) is 14.6. The first kappa shape index (κ1) is 14.1. The Balaban J connectivity index is 2.20. The zero-order valence-electron chi connectivity index (χ0n) is 10.8. The molecule has 1 heterocycles. The molecule has 6 nitrogen and oxygen atoms in total. The summed E-state index contributed by atoms with van der Waals surface area (Å²) in [6.07, 6.45) is 0. The molecule has 20 heavy (non-hydrogen) atoms. The van der Waals surface area contributed by atoms with E-state index in [2.05, 4.69) is 10.0 Å². The largest absolute Gasteiger partial charge is 0.449 e. The average molecular weight is 291 g/mol. The van der Waals surface area contributed by atoms with Gasteiger partial charge >= 0.3 is 0 Å². The molecule has 0 aliphatic rings. The summed E-state index contributed by atoms with van der Waals surface area (Å²) < 4.78 is 31.2. The van der Waals surface area contributed by atoms with Crippen LogP contribution in [0.3, 0.4) is 0 Å². The van der Waals surface area contributed by atoms with Crippen LogP contribution in [0.4, 0.5) is 5.69 Å². The molecule has 0 saturated carbocycles. The van der Waals surface area contributed by atoms with Crippen LogP contribution in [0.25, 0.3) is 0 Å². The molecule has 0 aliphatic heterocycles. The molecule has 2 N–H and O–H groups in total. The normalized spacial score (nSPS) is 11.0. The highest BCUT2D eigenvalue weighted by molar-refractivity contribution is 7.89. The van der Waals surface area contributed by atoms with Crippen molar-refractivity contribution in [1.29, 1.82) is 5.26 Å². The molecule has 2 rings (SSSR count). The molecule has 2 aromatic rings. The third-order valence-electron chi connectivity index (χ3n) is 2.67. The topological polar surface area (TPSA) is 95.1 Å². The molecular formula is C13H13N3O3S. The van der Waals surface area contributed by atoms with Gasteiger partial charge in [0.15, 0.2) is 0 Å². The first-order valence-corrected chi connectivity index (χ1v) is 7.30. The molecule has 0 radical (unpaired) electrons. The lowest BCUT2D eigenvalue weighted by Crippen LogP contribution is -2.20. The molecule has 7 heteroatoms. The predicted octanol–water partition coefficient (Wildman–Crippen LogP) is 1.67. The van der Waals surface area contributed by atoms with Crippen LogP contribution in [0, 0.1) is 11.3 Å². The number of rotatable bonds is 5. The molecule has 0 saturated heterocycles.